The van der Waals surface area contributed by atoms with Gasteiger partial charge in [-0.2, -0.15) is 0 Å². The summed E-state index contributed by atoms with van der Waals surface area (Å²) in [5, 5.41) is 2.66. The molecule has 2 aliphatic rings. The lowest BCUT2D eigenvalue weighted by atomic mass is 9.91. The fraction of sp³-hybridized carbons (Fsp3) is 0.481. The molecule has 1 aliphatic carbocycles. The van der Waals surface area contributed by atoms with Gasteiger partial charge in [-0.25, -0.2) is 21.6 Å². The highest BCUT2D eigenvalue weighted by Crippen LogP contribution is 2.37. The number of anilines is 1. The van der Waals surface area contributed by atoms with Crippen LogP contribution in [0.3, 0.4) is 0 Å². The molecular formula is C27H33F3N4O4S. The van der Waals surface area contributed by atoms with Crippen molar-refractivity contribution in [2.75, 3.05) is 23.6 Å². The molecule has 8 nitrogen and oxygen atoms in total. The molecule has 0 saturated carbocycles. The van der Waals surface area contributed by atoms with Gasteiger partial charge in [-0.1, -0.05) is 6.92 Å². The van der Waals surface area contributed by atoms with Gasteiger partial charge in [0.2, 0.25) is 15.9 Å². The summed E-state index contributed by atoms with van der Waals surface area (Å²) in [4.78, 5) is 27.5. The molecule has 1 heterocycles. The predicted molar refractivity (Wildman–Crippen MR) is 141 cm³/mol. The van der Waals surface area contributed by atoms with Crippen LogP contribution in [0.4, 0.5) is 18.9 Å². The Hall–Kier alpha value is -3.12. The molecule has 2 aromatic carbocycles. The number of rotatable bonds is 10. The van der Waals surface area contributed by atoms with Gasteiger partial charge in [0, 0.05) is 43.2 Å². The van der Waals surface area contributed by atoms with Gasteiger partial charge >= 0.3 is 0 Å². The van der Waals surface area contributed by atoms with Crippen molar-refractivity contribution in [2.24, 2.45) is 5.73 Å². The third-order valence-corrected chi connectivity index (χ3v) is 8.88. The van der Waals surface area contributed by atoms with Crippen LogP contribution in [0.5, 0.6) is 0 Å². The number of carbonyl (C=O) groups is 2. The number of nitrogens with zero attached hydrogens (tertiary/aromatic N) is 1. The minimum Gasteiger partial charge on any atom is -0.350 e. The van der Waals surface area contributed by atoms with Crippen LogP contribution < -0.4 is 15.8 Å². The van der Waals surface area contributed by atoms with Crippen LogP contribution in [0.1, 0.15) is 66.4 Å². The number of amides is 2. The van der Waals surface area contributed by atoms with E-state index in [0.29, 0.717) is 43.4 Å². The average Bonchev–Trinajstić information content (AvgIpc) is 3.51. The maximum Gasteiger partial charge on any atom is 0.254 e. The Labute approximate surface area is 226 Å². The first-order valence-corrected chi connectivity index (χ1v) is 14.8. The molecule has 2 amide bonds. The zero-order valence-corrected chi connectivity index (χ0v) is 22.5. The summed E-state index contributed by atoms with van der Waals surface area (Å²) >= 11 is 0. The van der Waals surface area contributed by atoms with Crippen molar-refractivity contribution in [1.29, 1.82) is 0 Å². The van der Waals surface area contributed by atoms with Crippen LogP contribution in [-0.2, 0) is 21.2 Å². The van der Waals surface area contributed by atoms with E-state index in [1.165, 1.54) is 18.2 Å². The third kappa shape index (κ3) is 6.73. The van der Waals surface area contributed by atoms with E-state index in [1.807, 2.05) is 0 Å². The first-order chi connectivity index (χ1) is 18.5. The zero-order valence-electron chi connectivity index (χ0n) is 21.7. The van der Waals surface area contributed by atoms with Crippen LogP contribution in [0.25, 0.3) is 0 Å². The van der Waals surface area contributed by atoms with E-state index in [2.05, 4.69) is 10.0 Å². The molecule has 4 N–H and O–H groups in total. The Morgan fingerprint density at radius 3 is 2.59 bits per heavy atom. The van der Waals surface area contributed by atoms with Gasteiger partial charge in [0.15, 0.2) is 11.6 Å². The minimum atomic E-state index is -3.61. The molecule has 12 heteroatoms. The molecule has 212 valence electrons. The molecule has 0 radical (unpaired) electrons. The van der Waals surface area contributed by atoms with Gasteiger partial charge in [0.25, 0.3) is 5.91 Å². The fourth-order valence-corrected chi connectivity index (χ4v) is 6.61. The van der Waals surface area contributed by atoms with Gasteiger partial charge < -0.3 is 16.0 Å². The maximum absolute atomic E-state index is 14.4. The van der Waals surface area contributed by atoms with Crippen molar-refractivity contribution in [3.8, 4) is 0 Å². The van der Waals surface area contributed by atoms with Crippen molar-refractivity contribution in [3.63, 3.8) is 0 Å². The SMILES string of the molecule is CCCS(=O)(=O)Nc1ccc(F)c(C(=O)NC[C@@H]2CCCN2C(=O)C[C@H](N)[C@H]2CCc3cc(F)c(F)cc32)c1. The number of nitrogens with two attached hydrogens (primary N) is 1. The van der Waals surface area contributed by atoms with Crippen molar-refractivity contribution < 1.29 is 31.2 Å². The molecule has 0 aromatic heterocycles. The number of hydrogen-bond acceptors (Lipinski definition) is 5. The highest BCUT2D eigenvalue weighted by Gasteiger charge is 2.34. The summed E-state index contributed by atoms with van der Waals surface area (Å²) in [5.74, 6) is -3.93. The number of carbonyl (C=O) groups excluding carboxylic acids is 2. The van der Waals surface area contributed by atoms with E-state index in [4.69, 9.17) is 5.73 Å². The van der Waals surface area contributed by atoms with E-state index >= 15 is 0 Å². The first-order valence-electron chi connectivity index (χ1n) is 13.1. The standard InChI is InChI=1S/C27H33F3N4O4S/c1-2-10-39(37,38)33-17-6-8-22(28)21(12-17)27(36)32-15-18-4-3-9-34(18)26(35)14-25(31)19-7-5-16-11-23(29)24(30)13-20(16)19/h6,8,11-13,18-19,25,33H,2-5,7,9-10,14-15,31H2,1H3,(H,32,36)/t18-,19-,25-/m0/s1. The van der Waals surface area contributed by atoms with Crippen LogP contribution in [-0.4, -0.2) is 56.1 Å². The molecule has 1 saturated heterocycles. The van der Waals surface area contributed by atoms with Crippen LogP contribution in [0.15, 0.2) is 30.3 Å². The highest BCUT2D eigenvalue weighted by molar-refractivity contribution is 7.92. The summed E-state index contributed by atoms with van der Waals surface area (Å²) < 4.78 is 68.2. The van der Waals surface area contributed by atoms with E-state index in [1.54, 1.807) is 11.8 Å². The van der Waals surface area contributed by atoms with E-state index in [0.717, 1.165) is 18.6 Å². The Morgan fingerprint density at radius 2 is 1.85 bits per heavy atom. The number of likely N-dealkylation sites (tertiary alicyclic amines) is 1. The van der Waals surface area contributed by atoms with Crippen LogP contribution in [0, 0.1) is 17.5 Å². The number of fused-ring (bicyclic) bond motifs is 1. The monoisotopic (exact) mass is 566 g/mol. The molecule has 39 heavy (non-hydrogen) atoms. The molecule has 2 aromatic rings. The van der Waals surface area contributed by atoms with E-state index in [-0.39, 0.29) is 47.8 Å². The largest absolute Gasteiger partial charge is 0.350 e. The lowest BCUT2D eigenvalue weighted by Gasteiger charge is -2.28. The number of hydrogen-bond donors (Lipinski definition) is 3. The highest BCUT2D eigenvalue weighted by atomic mass is 32.2. The Bertz CT molecular complexity index is 1350. The molecule has 1 fully saturated rings. The molecule has 0 unspecified atom stereocenters. The third-order valence-electron chi connectivity index (χ3n) is 7.39. The minimum absolute atomic E-state index is 0.0160. The van der Waals surface area contributed by atoms with Gasteiger partial charge in [0.05, 0.1) is 11.3 Å². The summed E-state index contributed by atoms with van der Waals surface area (Å²) in [6.07, 6.45) is 2.94. The first kappa shape index (κ1) is 28.9. The van der Waals surface area contributed by atoms with Gasteiger partial charge in [-0.3, -0.25) is 14.3 Å². The second-order valence-corrected chi connectivity index (χ2v) is 12.0. The second kappa shape index (κ2) is 12.0. The van der Waals surface area contributed by atoms with Crippen molar-refractivity contribution >= 4 is 27.5 Å². The second-order valence-electron chi connectivity index (χ2n) is 10.2. The zero-order chi connectivity index (χ0) is 28.3. The Morgan fingerprint density at radius 1 is 1.10 bits per heavy atom. The van der Waals surface area contributed by atoms with Gasteiger partial charge in [0.1, 0.15) is 5.82 Å². The molecule has 1 aliphatic heterocycles. The Kier molecular flexibility index (Phi) is 8.85. The number of aryl methyl sites for hydroxylation is 1. The molecular weight excluding hydrogens is 533 g/mol. The normalized spacial score (nSPS) is 19.6. The van der Waals surface area contributed by atoms with Gasteiger partial charge in [-0.15, -0.1) is 0 Å². The number of nitrogens with one attached hydrogen (secondary N) is 2. The van der Waals surface area contributed by atoms with Crippen molar-refractivity contribution in [2.45, 2.75) is 63.5 Å². The van der Waals surface area contributed by atoms with E-state index in [9.17, 15) is 31.2 Å². The van der Waals surface area contributed by atoms with Crippen molar-refractivity contribution in [3.05, 3.63) is 64.5 Å². The molecule has 4 rings (SSSR count). The Balaban J connectivity index is 1.36. The van der Waals surface area contributed by atoms with Crippen LogP contribution in [0.2, 0.25) is 0 Å². The quantitative estimate of drug-likeness (QED) is 0.407. The maximum atomic E-state index is 14.4. The lowest BCUT2D eigenvalue weighted by Crippen LogP contribution is -2.45. The summed E-state index contributed by atoms with van der Waals surface area (Å²) in [6, 6.07) is 4.88. The topological polar surface area (TPSA) is 122 Å². The number of halogens is 3. The molecule has 0 spiro atoms. The summed E-state index contributed by atoms with van der Waals surface area (Å²) in [5.41, 5.74) is 7.48. The fourth-order valence-electron chi connectivity index (χ4n) is 5.48. The van der Waals surface area contributed by atoms with Crippen molar-refractivity contribution in [1.82, 2.24) is 10.2 Å². The van der Waals surface area contributed by atoms with Gasteiger partial charge in [-0.05, 0) is 73.6 Å². The smallest absolute Gasteiger partial charge is 0.254 e. The number of benzene rings is 2. The van der Waals surface area contributed by atoms with E-state index < -0.39 is 39.4 Å². The number of sulfonamides is 1. The average molecular weight is 567 g/mol. The van der Waals surface area contributed by atoms with Crippen LogP contribution >= 0.6 is 0 Å². The summed E-state index contributed by atoms with van der Waals surface area (Å²) in [6.45, 7) is 2.28. The molecule has 3 atom stereocenters. The predicted octanol–water partition coefficient (Wildman–Crippen LogP) is 3.42. The lowest BCUT2D eigenvalue weighted by molar-refractivity contribution is -0.132. The molecule has 0 bridgehead atoms. The summed E-state index contributed by atoms with van der Waals surface area (Å²) in [7, 11) is -3.61.